The Hall–Kier alpha value is -3.42. The van der Waals surface area contributed by atoms with Crippen molar-refractivity contribution in [1.82, 2.24) is 9.88 Å². The SMILES string of the molecule is CC(C)(C)OC(=O)Nc1cc(CCCC(=O)N(CCc2ccccc2)CC(=O)O)ccn1. The second-order valence-electron chi connectivity index (χ2n) is 8.47. The Morgan fingerprint density at radius 2 is 1.78 bits per heavy atom. The Morgan fingerprint density at radius 3 is 2.44 bits per heavy atom. The number of carboxylic acids is 1. The summed E-state index contributed by atoms with van der Waals surface area (Å²) in [5, 5.41) is 11.8. The normalized spacial score (nSPS) is 11.0. The van der Waals surface area contributed by atoms with Crippen molar-refractivity contribution >= 4 is 23.8 Å². The third kappa shape index (κ3) is 9.59. The van der Waals surface area contributed by atoms with Gasteiger partial charge in [0.1, 0.15) is 18.0 Å². The molecule has 8 heteroatoms. The van der Waals surface area contributed by atoms with Gasteiger partial charge in [0, 0.05) is 19.2 Å². The van der Waals surface area contributed by atoms with E-state index in [1.807, 2.05) is 36.4 Å². The number of aryl methyl sites for hydroxylation is 1. The molecular formula is C24H31N3O5. The second-order valence-corrected chi connectivity index (χ2v) is 8.47. The van der Waals surface area contributed by atoms with Crippen LogP contribution in [-0.2, 0) is 27.2 Å². The van der Waals surface area contributed by atoms with Gasteiger partial charge in [-0.3, -0.25) is 14.9 Å². The number of nitrogens with zero attached hydrogens (tertiary/aromatic N) is 2. The van der Waals surface area contributed by atoms with Gasteiger partial charge < -0.3 is 14.7 Å². The fourth-order valence-corrected chi connectivity index (χ4v) is 3.07. The third-order valence-electron chi connectivity index (χ3n) is 4.50. The van der Waals surface area contributed by atoms with Crippen molar-refractivity contribution in [2.75, 3.05) is 18.4 Å². The Labute approximate surface area is 188 Å². The van der Waals surface area contributed by atoms with Crippen LogP contribution in [0.5, 0.6) is 0 Å². The first kappa shape index (κ1) is 24.8. The molecule has 0 saturated carbocycles. The van der Waals surface area contributed by atoms with E-state index in [0.717, 1.165) is 11.1 Å². The minimum atomic E-state index is -1.03. The zero-order valence-electron chi connectivity index (χ0n) is 18.8. The summed E-state index contributed by atoms with van der Waals surface area (Å²) in [5.41, 5.74) is 1.36. The number of anilines is 1. The van der Waals surface area contributed by atoms with Crippen molar-refractivity contribution in [3.8, 4) is 0 Å². The number of rotatable bonds is 10. The monoisotopic (exact) mass is 441 g/mol. The van der Waals surface area contributed by atoms with Crippen LogP contribution in [-0.4, -0.2) is 51.7 Å². The van der Waals surface area contributed by atoms with E-state index in [0.29, 0.717) is 31.6 Å². The number of aliphatic carboxylic acids is 1. The summed E-state index contributed by atoms with van der Waals surface area (Å²) >= 11 is 0. The number of amides is 2. The molecule has 1 aromatic carbocycles. The van der Waals surface area contributed by atoms with Gasteiger partial charge in [0.15, 0.2) is 0 Å². The fraction of sp³-hybridized carbons (Fsp3) is 0.417. The third-order valence-corrected chi connectivity index (χ3v) is 4.50. The average Bonchev–Trinajstić information content (AvgIpc) is 2.70. The number of benzene rings is 1. The van der Waals surface area contributed by atoms with E-state index in [4.69, 9.17) is 9.84 Å². The standard InChI is InChI=1S/C24H31N3O5/c1-24(2,3)32-23(31)26-20-16-19(12-14-25-20)10-7-11-21(28)27(17-22(29)30)15-13-18-8-5-4-6-9-18/h4-6,8-9,12,14,16H,7,10-11,13,15,17H2,1-3H3,(H,29,30)(H,25,26,31). The molecule has 32 heavy (non-hydrogen) atoms. The van der Waals surface area contributed by atoms with E-state index >= 15 is 0 Å². The lowest BCUT2D eigenvalue weighted by Gasteiger charge is -2.21. The van der Waals surface area contributed by atoms with Crippen molar-refractivity contribution in [3.63, 3.8) is 0 Å². The van der Waals surface area contributed by atoms with Crippen LogP contribution in [0.1, 0.15) is 44.7 Å². The Balaban J connectivity index is 1.86. The van der Waals surface area contributed by atoms with Gasteiger partial charge in [-0.15, -0.1) is 0 Å². The molecule has 0 atom stereocenters. The topological polar surface area (TPSA) is 109 Å². The first-order valence-corrected chi connectivity index (χ1v) is 10.6. The predicted octanol–water partition coefficient (Wildman–Crippen LogP) is 3.91. The van der Waals surface area contributed by atoms with Crippen molar-refractivity contribution in [2.24, 2.45) is 0 Å². The molecule has 2 rings (SSSR count). The Bertz CT molecular complexity index is 909. The molecule has 0 bridgehead atoms. The van der Waals surface area contributed by atoms with E-state index in [1.165, 1.54) is 4.90 Å². The van der Waals surface area contributed by atoms with Gasteiger partial charge in [-0.1, -0.05) is 30.3 Å². The number of carbonyl (C=O) groups excluding carboxylic acids is 2. The molecule has 0 saturated heterocycles. The minimum absolute atomic E-state index is 0.190. The molecule has 0 aliphatic rings. The molecule has 2 amide bonds. The van der Waals surface area contributed by atoms with Crippen LogP contribution < -0.4 is 5.32 Å². The Kier molecular flexibility index (Phi) is 9.19. The highest BCUT2D eigenvalue weighted by Crippen LogP contribution is 2.13. The highest BCUT2D eigenvalue weighted by molar-refractivity contribution is 5.83. The molecule has 0 spiro atoms. The lowest BCUT2D eigenvalue weighted by Crippen LogP contribution is -2.37. The summed E-state index contributed by atoms with van der Waals surface area (Å²) in [6.45, 7) is 5.38. The number of ether oxygens (including phenoxy) is 1. The molecule has 2 N–H and O–H groups in total. The predicted molar refractivity (Wildman–Crippen MR) is 121 cm³/mol. The maximum atomic E-state index is 12.6. The quantitative estimate of drug-likeness (QED) is 0.579. The largest absolute Gasteiger partial charge is 0.480 e. The zero-order valence-corrected chi connectivity index (χ0v) is 18.8. The molecule has 1 heterocycles. The summed E-state index contributed by atoms with van der Waals surface area (Å²) in [5.74, 6) is -0.846. The van der Waals surface area contributed by atoms with Crippen molar-refractivity contribution in [2.45, 2.75) is 52.1 Å². The van der Waals surface area contributed by atoms with E-state index < -0.39 is 17.7 Å². The van der Waals surface area contributed by atoms with Crippen LogP contribution in [0.3, 0.4) is 0 Å². The van der Waals surface area contributed by atoms with E-state index in [2.05, 4.69) is 10.3 Å². The average molecular weight is 442 g/mol. The van der Waals surface area contributed by atoms with Crippen LogP contribution in [0, 0.1) is 0 Å². The first-order chi connectivity index (χ1) is 15.1. The molecule has 0 fully saturated rings. The van der Waals surface area contributed by atoms with Gasteiger partial charge in [-0.05, 0) is 63.3 Å². The van der Waals surface area contributed by atoms with E-state index in [9.17, 15) is 14.4 Å². The van der Waals surface area contributed by atoms with Crippen LogP contribution in [0.25, 0.3) is 0 Å². The fourth-order valence-electron chi connectivity index (χ4n) is 3.07. The molecule has 0 aliphatic carbocycles. The molecule has 0 aliphatic heterocycles. The lowest BCUT2D eigenvalue weighted by atomic mass is 10.1. The molecule has 8 nitrogen and oxygen atoms in total. The molecule has 0 unspecified atom stereocenters. The van der Waals surface area contributed by atoms with Gasteiger partial charge in [-0.2, -0.15) is 0 Å². The molecule has 0 radical (unpaired) electrons. The Morgan fingerprint density at radius 1 is 1.06 bits per heavy atom. The van der Waals surface area contributed by atoms with Crippen molar-refractivity contribution in [1.29, 1.82) is 0 Å². The number of carbonyl (C=O) groups is 3. The van der Waals surface area contributed by atoms with Gasteiger partial charge in [0.2, 0.25) is 5.91 Å². The van der Waals surface area contributed by atoms with Crippen molar-refractivity contribution < 1.29 is 24.2 Å². The summed E-state index contributed by atoms with van der Waals surface area (Å²) in [6.07, 6.45) is 2.98. The zero-order chi connectivity index (χ0) is 23.6. The maximum absolute atomic E-state index is 12.6. The van der Waals surface area contributed by atoms with Gasteiger partial charge in [0.25, 0.3) is 0 Å². The minimum Gasteiger partial charge on any atom is -0.480 e. The lowest BCUT2D eigenvalue weighted by molar-refractivity contribution is -0.144. The smallest absolute Gasteiger partial charge is 0.413 e. The number of nitrogens with one attached hydrogen (secondary N) is 1. The molecule has 172 valence electrons. The van der Waals surface area contributed by atoms with Crippen LogP contribution in [0.15, 0.2) is 48.7 Å². The van der Waals surface area contributed by atoms with Gasteiger partial charge >= 0.3 is 12.1 Å². The van der Waals surface area contributed by atoms with E-state index in [-0.39, 0.29) is 18.9 Å². The van der Waals surface area contributed by atoms with Crippen LogP contribution >= 0.6 is 0 Å². The highest BCUT2D eigenvalue weighted by atomic mass is 16.6. The highest BCUT2D eigenvalue weighted by Gasteiger charge is 2.18. The van der Waals surface area contributed by atoms with E-state index in [1.54, 1.807) is 33.0 Å². The number of aromatic nitrogens is 1. The molecular weight excluding hydrogens is 410 g/mol. The summed E-state index contributed by atoms with van der Waals surface area (Å²) in [4.78, 5) is 41.2. The molecule has 1 aromatic heterocycles. The summed E-state index contributed by atoms with van der Waals surface area (Å²) in [7, 11) is 0. The molecule has 2 aromatic rings. The number of hydrogen-bond acceptors (Lipinski definition) is 5. The van der Waals surface area contributed by atoms with Gasteiger partial charge in [-0.25, -0.2) is 9.78 Å². The van der Waals surface area contributed by atoms with Crippen LogP contribution in [0.4, 0.5) is 10.6 Å². The van der Waals surface area contributed by atoms with Gasteiger partial charge in [0.05, 0.1) is 0 Å². The second kappa shape index (κ2) is 11.8. The summed E-state index contributed by atoms with van der Waals surface area (Å²) < 4.78 is 5.22. The first-order valence-electron chi connectivity index (χ1n) is 10.6. The number of hydrogen-bond donors (Lipinski definition) is 2. The number of carboxylic acid groups (broad SMARTS) is 1. The maximum Gasteiger partial charge on any atom is 0.413 e. The van der Waals surface area contributed by atoms with Crippen LogP contribution in [0.2, 0.25) is 0 Å². The summed E-state index contributed by atoms with van der Waals surface area (Å²) in [6, 6.07) is 13.2. The number of pyridine rings is 1. The van der Waals surface area contributed by atoms with Crippen molar-refractivity contribution in [3.05, 3.63) is 59.8 Å².